The lowest BCUT2D eigenvalue weighted by atomic mass is 9.89. The van der Waals surface area contributed by atoms with Crippen LogP contribution in [0.5, 0.6) is 0 Å². The van der Waals surface area contributed by atoms with Crippen molar-refractivity contribution < 1.29 is 0 Å². The second-order valence-corrected chi connectivity index (χ2v) is 7.34. The summed E-state index contributed by atoms with van der Waals surface area (Å²) in [6.45, 7) is 7.43. The standard InChI is InChI=1S/C19H27N3/c1-19(2,3)22-13-17(12-20-4)18(21-22)16-10-9-14-7-5-6-8-15(14)11-16/h9-11,13,20H,5-8,12H2,1-4H3. The quantitative estimate of drug-likeness (QED) is 0.931. The highest BCUT2D eigenvalue weighted by atomic mass is 15.3. The second kappa shape index (κ2) is 5.88. The van der Waals surface area contributed by atoms with Crippen molar-refractivity contribution in [3.05, 3.63) is 41.1 Å². The van der Waals surface area contributed by atoms with Crippen molar-refractivity contribution in [2.75, 3.05) is 7.05 Å². The summed E-state index contributed by atoms with van der Waals surface area (Å²) in [5, 5.41) is 8.16. The number of rotatable bonds is 3. The van der Waals surface area contributed by atoms with Gasteiger partial charge in [0.2, 0.25) is 0 Å². The maximum atomic E-state index is 4.90. The minimum Gasteiger partial charge on any atom is -0.316 e. The molecule has 1 aliphatic carbocycles. The lowest BCUT2D eigenvalue weighted by Crippen LogP contribution is -2.22. The zero-order valence-electron chi connectivity index (χ0n) is 14.2. The van der Waals surface area contributed by atoms with Gasteiger partial charge in [-0.3, -0.25) is 4.68 Å². The van der Waals surface area contributed by atoms with Crippen LogP contribution in [0.2, 0.25) is 0 Å². The number of aryl methyl sites for hydroxylation is 2. The Hall–Kier alpha value is -1.61. The number of benzene rings is 1. The molecule has 0 aliphatic heterocycles. The zero-order valence-corrected chi connectivity index (χ0v) is 14.2. The van der Waals surface area contributed by atoms with E-state index in [0.717, 1.165) is 12.2 Å². The van der Waals surface area contributed by atoms with Gasteiger partial charge in [-0.25, -0.2) is 0 Å². The van der Waals surface area contributed by atoms with Crippen LogP contribution in [0.4, 0.5) is 0 Å². The molecule has 0 saturated heterocycles. The molecule has 3 nitrogen and oxygen atoms in total. The maximum Gasteiger partial charge on any atom is 0.0968 e. The average molecular weight is 297 g/mol. The zero-order chi connectivity index (χ0) is 15.7. The highest BCUT2D eigenvalue weighted by Gasteiger charge is 2.19. The largest absolute Gasteiger partial charge is 0.316 e. The summed E-state index contributed by atoms with van der Waals surface area (Å²) >= 11 is 0. The van der Waals surface area contributed by atoms with E-state index in [-0.39, 0.29) is 5.54 Å². The SMILES string of the molecule is CNCc1cn(C(C)(C)C)nc1-c1ccc2c(c1)CCCC2. The molecule has 2 aromatic rings. The van der Waals surface area contributed by atoms with Gasteiger partial charge in [-0.2, -0.15) is 5.10 Å². The Bertz CT molecular complexity index is 662. The normalized spacial score (nSPS) is 14.9. The second-order valence-electron chi connectivity index (χ2n) is 7.34. The molecule has 0 unspecified atom stereocenters. The van der Waals surface area contributed by atoms with E-state index in [0.29, 0.717) is 0 Å². The Kier molecular flexibility index (Phi) is 4.09. The summed E-state index contributed by atoms with van der Waals surface area (Å²) in [5.41, 5.74) is 6.71. The van der Waals surface area contributed by atoms with Gasteiger partial charge in [0.1, 0.15) is 0 Å². The monoisotopic (exact) mass is 297 g/mol. The van der Waals surface area contributed by atoms with E-state index in [9.17, 15) is 0 Å². The molecule has 0 fully saturated rings. The van der Waals surface area contributed by atoms with Crippen molar-refractivity contribution in [2.45, 2.75) is 58.5 Å². The number of hydrogen-bond donors (Lipinski definition) is 1. The van der Waals surface area contributed by atoms with Gasteiger partial charge in [0.15, 0.2) is 0 Å². The molecular weight excluding hydrogens is 270 g/mol. The fourth-order valence-corrected chi connectivity index (χ4v) is 3.20. The summed E-state index contributed by atoms with van der Waals surface area (Å²) in [4.78, 5) is 0. The van der Waals surface area contributed by atoms with Gasteiger partial charge < -0.3 is 5.32 Å². The van der Waals surface area contributed by atoms with Gasteiger partial charge in [0.05, 0.1) is 11.2 Å². The van der Waals surface area contributed by atoms with Gasteiger partial charge in [-0.05, 0) is 70.7 Å². The fraction of sp³-hybridized carbons (Fsp3) is 0.526. The Morgan fingerprint density at radius 2 is 1.86 bits per heavy atom. The number of nitrogens with zero attached hydrogens (tertiary/aromatic N) is 2. The fourth-order valence-electron chi connectivity index (χ4n) is 3.20. The van der Waals surface area contributed by atoms with Gasteiger partial charge in [-0.15, -0.1) is 0 Å². The molecular formula is C19H27N3. The third-order valence-corrected chi connectivity index (χ3v) is 4.47. The van der Waals surface area contributed by atoms with E-state index in [1.54, 1.807) is 0 Å². The van der Waals surface area contributed by atoms with Crippen LogP contribution in [0.15, 0.2) is 24.4 Å². The highest BCUT2D eigenvalue weighted by Crippen LogP contribution is 2.29. The number of hydrogen-bond acceptors (Lipinski definition) is 2. The Balaban J connectivity index is 2.04. The highest BCUT2D eigenvalue weighted by molar-refractivity contribution is 5.64. The van der Waals surface area contributed by atoms with Gasteiger partial charge in [0, 0.05) is 23.9 Å². The molecule has 0 bridgehead atoms. The smallest absolute Gasteiger partial charge is 0.0968 e. The van der Waals surface area contributed by atoms with Crippen molar-refractivity contribution in [1.29, 1.82) is 0 Å². The first kappa shape index (κ1) is 15.3. The Morgan fingerprint density at radius 3 is 2.55 bits per heavy atom. The van der Waals surface area contributed by atoms with E-state index < -0.39 is 0 Å². The molecule has 1 aromatic heterocycles. The molecule has 0 spiro atoms. The van der Waals surface area contributed by atoms with E-state index in [1.165, 1.54) is 47.9 Å². The molecule has 3 rings (SSSR count). The number of aromatic nitrogens is 2. The van der Waals surface area contributed by atoms with Crippen LogP contribution in [-0.4, -0.2) is 16.8 Å². The van der Waals surface area contributed by atoms with Crippen molar-refractivity contribution in [3.8, 4) is 11.3 Å². The molecule has 1 N–H and O–H groups in total. The van der Waals surface area contributed by atoms with Gasteiger partial charge in [0.25, 0.3) is 0 Å². The Labute approximate surface area is 133 Å². The van der Waals surface area contributed by atoms with Crippen LogP contribution >= 0.6 is 0 Å². The molecule has 0 radical (unpaired) electrons. The lowest BCUT2D eigenvalue weighted by molar-refractivity contribution is 0.356. The predicted molar refractivity (Wildman–Crippen MR) is 92.1 cm³/mol. The average Bonchev–Trinajstić information content (AvgIpc) is 2.91. The van der Waals surface area contributed by atoms with Crippen molar-refractivity contribution in [3.63, 3.8) is 0 Å². The molecule has 1 heterocycles. The van der Waals surface area contributed by atoms with Crippen molar-refractivity contribution >= 4 is 0 Å². The summed E-state index contributed by atoms with van der Waals surface area (Å²) < 4.78 is 2.09. The molecule has 118 valence electrons. The summed E-state index contributed by atoms with van der Waals surface area (Å²) in [6.07, 6.45) is 7.28. The molecule has 1 aliphatic rings. The first-order valence-corrected chi connectivity index (χ1v) is 8.35. The Morgan fingerprint density at radius 1 is 1.14 bits per heavy atom. The maximum absolute atomic E-state index is 4.90. The van der Waals surface area contributed by atoms with Crippen molar-refractivity contribution in [2.24, 2.45) is 0 Å². The van der Waals surface area contributed by atoms with Gasteiger partial charge in [-0.1, -0.05) is 12.1 Å². The topological polar surface area (TPSA) is 29.9 Å². The van der Waals surface area contributed by atoms with E-state index in [4.69, 9.17) is 5.10 Å². The van der Waals surface area contributed by atoms with Crippen LogP contribution in [0.25, 0.3) is 11.3 Å². The lowest BCUT2D eigenvalue weighted by Gasteiger charge is -2.19. The third-order valence-electron chi connectivity index (χ3n) is 4.47. The minimum absolute atomic E-state index is 0.00888. The summed E-state index contributed by atoms with van der Waals surface area (Å²) in [7, 11) is 1.99. The van der Waals surface area contributed by atoms with E-state index >= 15 is 0 Å². The number of nitrogens with one attached hydrogen (secondary N) is 1. The minimum atomic E-state index is 0.00888. The van der Waals surface area contributed by atoms with Crippen molar-refractivity contribution in [1.82, 2.24) is 15.1 Å². The van der Waals surface area contributed by atoms with Crippen LogP contribution in [0.1, 0.15) is 50.3 Å². The first-order chi connectivity index (χ1) is 10.5. The summed E-state index contributed by atoms with van der Waals surface area (Å²) in [6, 6.07) is 6.92. The van der Waals surface area contributed by atoms with Crippen LogP contribution < -0.4 is 5.32 Å². The molecule has 1 aromatic carbocycles. The molecule has 0 saturated carbocycles. The molecule has 3 heteroatoms. The van der Waals surface area contributed by atoms with Crippen LogP contribution in [0, 0.1) is 0 Å². The first-order valence-electron chi connectivity index (χ1n) is 8.35. The van der Waals surface area contributed by atoms with Gasteiger partial charge >= 0.3 is 0 Å². The van der Waals surface area contributed by atoms with Crippen LogP contribution in [-0.2, 0) is 24.9 Å². The van der Waals surface area contributed by atoms with E-state index in [1.807, 2.05) is 7.05 Å². The van der Waals surface area contributed by atoms with E-state index in [2.05, 4.69) is 55.2 Å². The molecule has 22 heavy (non-hydrogen) atoms. The predicted octanol–water partition coefficient (Wildman–Crippen LogP) is 3.90. The third kappa shape index (κ3) is 2.95. The summed E-state index contributed by atoms with van der Waals surface area (Å²) in [5.74, 6) is 0. The molecule has 0 atom stereocenters. The number of fused-ring (bicyclic) bond motifs is 1. The van der Waals surface area contributed by atoms with Crippen LogP contribution in [0.3, 0.4) is 0 Å². The molecule has 0 amide bonds.